The van der Waals surface area contributed by atoms with Crippen LogP contribution >= 0.6 is 33.1 Å². The third kappa shape index (κ3) is 4.85. The summed E-state index contributed by atoms with van der Waals surface area (Å²) in [5.74, 6) is -1.01. The molecule has 0 radical (unpaired) electrons. The number of benzene rings is 2. The fourth-order valence-electron chi connectivity index (χ4n) is 3.00. The Morgan fingerprint density at radius 3 is 2.53 bits per heavy atom. The number of rotatable bonds is 6. The summed E-state index contributed by atoms with van der Waals surface area (Å²) in [5.41, 5.74) is 7.65. The Kier molecular flexibility index (Phi) is 7.03. The van der Waals surface area contributed by atoms with Gasteiger partial charge in [0.2, 0.25) is 0 Å². The van der Waals surface area contributed by atoms with Crippen molar-refractivity contribution in [3.05, 3.63) is 76.4 Å². The first-order chi connectivity index (χ1) is 15.0. The van der Waals surface area contributed by atoms with Crippen LogP contribution in [-0.2, 0) is 0 Å². The Morgan fingerprint density at radius 1 is 1.28 bits per heavy atom. The monoisotopic (exact) mass is 496 g/mol. The van der Waals surface area contributed by atoms with Gasteiger partial charge in [-0.2, -0.15) is 8.78 Å². The number of halogens is 4. The van der Waals surface area contributed by atoms with Gasteiger partial charge in [-0.05, 0) is 36.8 Å². The number of hydrogen-bond donors (Lipinski definition) is 2. The molecule has 0 aliphatic carbocycles. The van der Waals surface area contributed by atoms with Crippen LogP contribution in [-0.4, -0.2) is 21.5 Å². The van der Waals surface area contributed by atoms with Gasteiger partial charge in [0.15, 0.2) is 5.76 Å². The van der Waals surface area contributed by atoms with Crippen molar-refractivity contribution < 1.29 is 17.7 Å². The number of aliphatic imine (C=N–C) groups is 1. The van der Waals surface area contributed by atoms with Crippen LogP contribution in [0.3, 0.4) is 0 Å². The average molecular weight is 497 g/mol. The lowest BCUT2D eigenvalue weighted by Gasteiger charge is -2.16. The fourth-order valence-corrected chi connectivity index (χ4v) is 3.66. The van der Waals surface area contributed by atoms with E-state index in [1.165, 1.54) is 21.4 Å². The lowest BCUT2D eigenvalue weighted by Crippen LogP contribution is -2.24. The largest absolute Gasteiger partial charge is 0.404 e. The molecule has 0 spiro atoms. The highest BCUT2D eigenvalue weighted by Crippen LogP contribution is 2.39. The number of alkyl halides is 2. The molecular weight excluding hydrogens is 480 g/mol. The molecule has 1 heterocycles. The maximum Gasteiger partial charge on any atom is 0.301 e. The van der Waals surface area contributed by atoms with Gasteiger partial charge in [0.05, 0.1) is 27.4 Å². The van der Waals surface area contributed by atoms with E-state index in [1.807, 2.05) is 0 Å². The summed E-state index contributed by atoms with van der Waals surface area (Å²) in [6.07, 6.45) is 0.877. The molecule has 1 atom stereocenters. The van der Waals surface area contributed by atoms with Crippen LogP contribution in [0.2, 0.25) is 5.02 Å². The van der Waals surface area contributed by atoms with Crippen molar-refractivity contribution in [3.8, 4) is 11.3 Å². The van der Waals surface area contributed by atoms with E-state index in [0.717, 1.165) is 17.8 Å². The number of allylic oxidation sites excluding steroid dienone is 1. The van der Waals surface area contributed by atoms with Crippen molar-refractivity contribution >= 4 is 55.0 Å². The van der Waals surface area contributed by atoms with Crippen molar-refractivity contribution in [3.63, 3.8) is 0 Å². The quantitative estimate of drug-likeness (QED) is 0.263. The zero-order valence-electron chi connectivity index (χ0n) is 16.6. The molecule has 0 amide bonds. The second-order valence-electron chi connectivity index (χ2n) is 6.70. The van der Waals surface area contributed by atoms with E-state index in [1.54, 1.807) is 31.2 Å². The predicted octanol–water partition coefficient (Wildman–Crippen LogP) is 5.62. The van der Waals surface area contributed by atoms with Crippen LogP contribution in [0.4, 0.5) is 18.9 Å². The Hall–Kier alpha value is -2.74. The first-order valence-electron chi connectivity index (χ1n) is 9.03. The van der Waals surface area contributed by atoms with Gasteiger partial charge in [0, 0.05) is 6.20 Å². The molecule has 5 nitrogen and oxygen atoms in total. The molecule has 2 aromatic carbocycles. The molecule has 0 aliphatic heterocycles. The molecule has 3 aromatic rings. The van der Waals surface area contributed by atoms with Gasteiger partial charge >= 0.3 is 5.66 Å². The van der Waals surface area contributed by atoms with E-state index in [0.29, 0.717) is 0 Å². The summed E-state index contributed by atoms with van der Waals surface area (Å²) in [7, 11) is 1.40. The molecule has 0 aliphatic rings. The van der Waals surface area contributed by atoms with Gasteiger partial charge in [0.25, 0.3) is 0 Å². The minimum atomic E-state index is -3.52. The van der Waals surface area contributed by atoms with Gasteiger partial charge in [-0.1, -0.05) is 56.4 Å². The van der Waals surface area contributed by atoms with Gasteiger partial charge in [-0.15, -0.1) is 0 Å². The van der Waals surface area contributed by atoms with E-state index in [-0.39, 0.29) is 43.9 Å². The van der Waals surface area contributed by atoms with Crippen molar-refractivity contribution in [1.82, 2.24) is 5.16 Å². The van der Waals surface area contributed by atoms with Crippen molar-refractivity contribution in [2.75, 3.05) is 0 Å². The third-order valence-corrected chi connectivity index (χ3v) is 5.16. The third-order valence-electron chi connectivity index (χ3n) is 4.36. The smallest absolute Gasteiger partial charge is 0.301 e. The number of aromatic nitrogens is 1. The van der Waals surface area contributed by atoms with E-state index in [4.69, 9.17) is 39.8 Å². The molecule has 166 valence electrons. The maximum absolute atomic E-state index is 14.6. The number of nitrogens with two attached hydrogens (primary N) is 2. The molecule has 11 heteroatoms. The first kappa shape index (κ1) is 23.9. The minimum Gasteiger partial charge on any atom is -0.404 e. The molecule has 0 fully saturated rings. The fraction of sp³-hybridized carbons (Fsp3) is 0.0952. The van der Waals surface area contributed by atoms with E-state index >= 15 is 0 Å². The molecule has 0 saturated carbocycles. The van der Waals surface area contributed by atoms with Crippen LogP contribution in [0.1, 0.15) is 16.9 Å². The standard InChI is InChI=1S/C21H17ClF3N4OPS/c1-10-4-2-5-11(8-10)28-19(21(24,25)31)12(9-26)18-16(20(27)32)17(29-30-18)15-13(22)6-3-7-14(15)23/h2-9H,26,31H2,1H3,(H2,27,32). The molecular formula is C21H17ClF3N4OPS. The van der Waals surface area contributed by atoms with Crippen LogP contribution in [0.15, 0.2) is 58.2 Å². The predicted molar refractivity (Wildman–Crippen MR) is 128 cm³/mol. The number of nitrogens with zero attached hydrogens (tertiary/aromatic N) is 2. The summed E-state index contributed by atoms with van der Waals surface area (Å²) in [6.45, 7) is 1.79. The Balaban J connectivity index is 2.27. The van der Waals surface area contributed by atoms with Gasteiger partial charge in [-0.25, -0.2) is 9.38 Å². The van der Waals surface area contributed by atoms with E-state index in [9.17, 15) is 13.2 Å². The Labute approximate surface area is 194 Å². The summed E-state index contributed by atoms with van der Waals surface area (Å²) < 4.78 is 49.0. The maximum atomic E-state index is 14.6. The van der Waals surface area contributed by atoms with Crippen LogP contribution in [0, 0.1) is 12.7 Å². The topological polar surface area (TPSA) is 90.4 Å². The Bertz CT molecular complexity index is 1230. The van der Waals surface area contributed by atoms with Gasteiger partial charge in [-0.3, -0.25) is 0 Å². The molecule has 3 rings (SSSR count). The SMILES string of the molecule is Cc1cccc(N=C(C(=CN)c2onc(-c3c(F)cccc3Cl)c2C(N)=S)C(F)(F)P)c1. The normalized spacial score (nSPS) is 12.8. The molecule has 32 heavy (non-hydrogen) atoms. The number of aryl methyl sites for hydroxylation is 1. The summed E-state index contributed by atoms with van der Waals surface area (Å²) in [5, 5.41) is 3.82. The summed E-state index contributed by atoms with van der Waals surface area (Å²) in [6, 6.07) is 10.6. The van der Waals surface area contributed by atoms with Crippen LogP contribution < -0.4 is 11.5 Å². The summed E-state index contributed by atoms with van der Waals surface area (Å²) >= 11 is 11.2. The molecule has 4 N–H and O–H groups in total. The highest BCUT2D eigenvalue weighted by Gasteiger charge is 2.37. The zero-order chi connectivity index (χ0) is 23.6. The highest BCUT2D eigenvalue weighted by molar-refractivity contribution is 7.80. The Morgan fingerprint density at radius 2 is 1.97 bits per heavy atom. The van der Waals surface area contributed by atoms with Crippen molar-refractivity contribution in [2.45, 2.75) is 12.6 Å². The molecule has 0 saturated heterocycles. The van der Waals surface area contributed by atoms with Crippen molar-refractivity contribution in [1.29, 1.82) is 0 Å². The number of thiocarbonyl (C=S) groups is 1. The lowest BCUT2D eigenvalue weighted by atomic mass is 9.99. The zero-order valence-corrected chi connectivity index (χ0v) is 19.3. The summed E-state index contributed by atoms with van der Waals surface area (Å²) in [4.78, 5) is 3.80. The second-order valence-corrected chi connectivity index (χ2v) is 8.27. The van der Waals surface area contributed by atoms with Crippen LogP contribution in [0.25, 0.3) is 16.8 Å². The minimum absolute atomic E-state index is 0.00524. The van der Waals surface area contributed by atoms with E-state index < -0.39 is 17.2 Å². The van der Waals surface area contributed by atoms with E-state index in [2.05, 4.69) is 10.1 Å². The molecule has 0 bridgehead atoms. The highest BCUT2D eigenvalue weighted by atomic mass is 35.5. The molecule has 1 aromatic heterocycles. The van der Waals surface area contributed by atoms with Gasteiger partial charge in [0.1, 0.15) is 22.2 Å². The lowest BCUT2D eigenvalue weighted by molar-refractivity contribution is 0.185. The van der Waals surface area contributed by atoms with Crippen LogP contribution in [0.5, 0.6) is 0 Å². The number of hydrogen-bond acceptors (Lipinski definition) is 5. The van der Waals surface area contributed by atoms with Gasteiger partial charge < -0.3 is 16.0 Å². The second kappa shape index (κ2) is 9.40. The average Bonchev–Trinajstić information content (AvgIpc) is 3.12. The molecule has 1 unspecified atom stereocenters. The van der Waals surface area contributed by atoms with Crippen molar-refractivity contribution in [2.24, 2.45) is 16.5 Å². The first-order valence-corrected chi connectivity index (χ1v) is 10.4.